The third kappa shape index (κ3) is 4.27. The molecule has 2 saturated heterocycles. The highest BCUT2D eigenvalue weighted by atomic mass is 32.1. The molecule has 6 nitrogen and oxygen atoms in total. The van der Waals surface area contributed by atoms with Crippen molar-refractivity contribution in [3.8, 4) is 0 Å². The van der Waals surface area contributed by atoms with E-state index in [1.165, 1.54) is 9.71 Å². The number of likely N-dealkylation sites (tertiary alicyclic amines) is 2. The highest BCUT2D eigenvalue weighted by molar-refractivity contribution is 7.18. The van der Waals surface area contributed by atoms with E-state index in [1.807, 2.05) is 40.5 Å². The first-order chi connectivity index (χ1) is 16.2. The van der Waals surface area contributed by atoms with E-state index in [0.717, 1.165) is 74.4 Å². The van der Waals surface area contributed by atoms with Gasteiger partial charge in [-0.1, -0.05) is 24.3 Å². The third-order valence-electron chi connectivity index (χ3n) is 7.11. The molecule has 2 aliphatic heterocycles. The van der Waals surface area contributed by atoms with Crippen LogP contribution in [0.15, 0.2) is 52.9 Å². The zero-order valence-electron chi connectivity index (χ0n) is 18.7. The van der Waals surface area contributed by atoms with Crippen molar-refractivity contribution < 1.29 is 9.21 Å². The van der Waals surface area contributed by atoms with Crippen LogP contribution in [-0.4, -0.2) is 58.4 Å². The second-order valence-electron chi connectivity index (χ2n) is 9.25. The summed E-state index contributed by atoms with van der Waals surface area (Å²) in [6.07, 6.45) is 3.98. The molecule has 33 heavy (non-hydrogen) atoms. The van der Waals surface area contributed by atoms with Gasteiger partial charge in [0.1, 0.15) is 5.52 Å². The number of oxazole rings is 1. The predicted molar refractivity (Wildman–Crippen MR) is 131 cm³/mol. The van der Waals surface area contributed by atoms with E-state index < -0.39 is 0 Å². The van der Waals surface area contributed by atoms with Crippen molar-refractivity contribution in [2.45, 2.75) is 37.5 Å². The maximum atomic E-state index is 13.0. The summed E-state index contributed by atoms with van der Waals surface area (Å²) in [7, 11) is 0. The molecule has 2 aromatic carbocycles. The average Bonchev–Trinajstić information content (AvgIpc) is 3.49. The highest BCUT2D eigenvalue weighted by Crippen LogP contribution is 2.34. The fourth-order valence-electron chi connectivity index (χ4n) is 5.13. The summed E-state index contributed by atoms with van der Waals surface area (Å²) in [5, 5.41) is 1.25. The first-order valence-corrected chi connectivity index (χ1v) is 12.8. The van der Waals surface area contributed by atoms with E-state index in [9.17, 15) is 4.79 Å². The van der Waals surface area contributed by atoms with Gasteiger partial charge in [0.2, 0.25) is 5.91 Å². The molecule has 0 spiro atoms. The Hall–Kier alpha value is -2.77. The van der Waals surface area contributed by atoms with Gasteiger partial charge in [-0.05, 0) is 63.0 Å². The summed E-state index contributed by atoms with van der Waals surface area (Å²) in [6.45, 7) is 4.02. The molecule has 2 aromatic heterocycles. The molecule has 1 amide bonds. The van der Waals surface area contributed by atoms with Crippen LogP contribution in [-0.2, 0) is 4.79 Å². The maximum Gasteiger partial charge on any atom is 0.236 e. The Balaban J connectivity index is 0.999. The van der Waals surface area contributed by atoms with Gasteiger partial charge in [-0.2, -0.15) is 0 Å². The minimum atomic E-state index is 0.254. The summed E-state index contributed by atoms with van der Waals surface area (Å²) in [6, 6.07) is 16.3. The number of hydrogen-bond acceptors (Lipinski definition) is 6. The predicted octanol–water partition coefficient (Wildman–Crippen LogP) is 5.02. The van der Waals surface area contributed by atoms with Gasteiger partial charge >= 0.3 is 0 Å². The van der Waals surface area contributed by atoms with Crippen molar-refractivity contribution in [1.82, 2.24) is 19.8 Å². The van der Waals surface area contributed by atoms with E-state index in [1.54, 1.807) is 0 Å². The van der Waals surface area contributed by atoms with Crippen molar-refractivity contribution in [3.63, 3.8) is 0 Å². The monoisotopic (exact) mass is 460 g/mol. The topological polar surface area (TPSA) is 62.5 Å². The minimum Gasteiger partial charge on any atom is -0.440 e. The van der Waals surface area contributed by atoms with Crippen LogP contribution in [0, 0.1) is 0 Å². The quantitative estimate of drug-likeness (QED) is 0.428. The molecule has 0 unspecified atom stereocenters. The molecule has 0 bridgehead atoms. The molecule has 2 aliphatic rings. The van der Waals surface area contributed by atoms with Crippen molar-refractivity contribution in [3.05, 3.63) is 59.4 Å². The zero-order chi connectivity index (χ0) is 22.2. The standard InChI is InChI=1S/C26H28N4O2S/c31-24(30-15-11-18(12-16-30)25-27-20-5-1-3-7-22(20)32-25)17-29-13-9-19(10-14-29)26-28-21-6-2-4-8-23(21)33-26/h1-8,18-19H,9-17H2. The number of carbonyl (C=O) groups is 1. The van der Waals surface area contributed by atoms with Gasteiger partial charge in [0.25, 0.3) is 0 Å². The number of aromatic nitrogens is 2. The lowest BCUT2D eigenvalue weighted by atomic mass is 9.96. The van der Waals surface area contributed by atoms with Crippen LogP contribution in [0.3, 0.4) is 0 Å². The van der Waals surface area contributed by atoms with Crippen molar-refractivity contribution in [2.24, 2.45) is 0 Å². The van der Waals surface area contributed by atoms with E-state index >= 15 is 0 Å². The number of benzene rings is 2. The fourth-order valence-corrected chi connectivity index (χ4v) is 6.27. The molecule has 170 valence electrons. The molecular formula is C26H28N4O2S. The summed E-state index contributed by atoms with van der Waals surface area (Å²) in [4.78, 5) is 26.8. The zero-order valence-corrected chi connectivity index (χ0v) is 19.5. The van der Waals surface area contributed by atoms with Gasteiger partial charge in [0.15, 0.2) is 11.5 Å². The van der Waals surface area contributed by atoms with Gasteiger partial charge in [0, 0.05) is 24.9 Å². The Kier molecular flexibility index (Phi) is 5.60. The van der Waals surface area contributed by atoms with Crippen LogP contribution in [0.1, 0.15) is 48.4 Å². The third-order valence-corrected chi connectivity index (χ3v) is 8.31. The number of para-hydroxylation sites is 3. The first kappa shape index (κ1) is 20.8. The minimum absolute atomic E-state index is 0.254. The summed E-state index contributed by atoms with van der Waals surface area (Å²) < 4.78 is 7.23. The average molecular weight is 461 g/mol. The Morgan fingerprint density at radius 1 is 0.879 bits per heavy atom. The fraction of sp³-hybridized carbons (Fsp3) is 0.423. The molecule has 0 saturated carbocycles. The summed E-state index contributed by atoms with van der Waals surface area (Å²) in [5.41, 5.74) is 2.87. The molecule has 0 N–H and O–H groups in total. The summed E-state index contributed by atoms with van der Waals surface area (Å²) in [5.74, 6) is 1.89. The lowest BCUT2D eigenvalue weighted by molar-refractivity contribution is -0.133. The first-order valence-electron chi connectivity index (χ1n) is 11.9. The van der Waals surface area contributed by atoms with Crippen LogP contribution in [0.4, 0.5) is 0 Å². The number of thiazole rings is 1. The van der Waals surface area contributed by atoms with Crippen LogP contribution >= 0.6 is 11.3 Å². The van der Waals surface area contributed by atoms with E-state index in [-0.39, 0.29) is 5.91 Å². The number of rotatable bonds is 4. The van der Waals surface area contributed by atoms with Crippen LogP contribution in [0.2, 0.25) is 0 Å². The highest BCUT2D eigenvalue weighted by Gasteiger charge is 2.29. The van der Waals surface area contributed by atoms with Crippen molar-refractivity contribution >= 4 is 38.6 Å². The van der Waals surface area contributed by atoms with Crippen molar-refractivity contribution in [1.29, 1.82) is 0 Å². The normalized spacial score (nSPS) is 19.0. The van der Waals surface area contributed by atoms with Gasteiger partial charge in [-0.3, -0.25) is 9.69 Å². The molecule has 4 heterocycles. The lowest BCUT2D eigenvalue weighted by Gasteiger charge is -2.35. The second-order valence-corrected chi connectivity index (χ2v) is 10.3. The van der Waals surface area contributed by atoms with E-state index in [2.05, 4.69) is 34.1 Å². The second kappa shape index (κ2) is 8.88. The number of nitrogens with zero attached hydrogens (tertiary/aromatic N) is 4. The number of amides is 1. The molecule has 0 radical (unpaired) electrons. The van der Waals surface area contributed by atoms with Gasteiger partial charge in [0.05, 0.1) is 21.8 Å². The summed E-state index contributed by atoms with van der Waals surface area (Å²) >= 11 is 1.82. The number of fused-ring (bicyclic) bond motifs is 2. The van der Waals surface area contributed by atoms with Crippen molar-refractivity contribution in [2.75, 3.05) is 32.7 Å². The molecule has 2 fully saturated rings. The SMILES string of the molecule is O=C(CN1CCC(c2nc3ccccc3s2)CC1)N1CCC(c2nc3ccccc3o2)CC1. The Morgan fingerprint density at radius 2 is 1.58 bits per heavy atom. The van der Waals surface area contributed by atoms with Gasteiger partial charge < -0.3 is 9.32 Å². The largest absolute Gasteiger partial charge is 0.440 e. The smallest absolute Gasteiger partial charge is 0.236 e. The lowest BCUT2D eigenvalue weighted by Crippen LogP contribution is -2.45. The van der Waals surface area contributed by atoms with Crippen LogP contribution in [0.5, 0.6) is 0 Å². The number of carbonyl (C=O) groups excluding carboxylic acids is 1. The van der Waals surface area contributed by atoms with E-state index in [0.29, 0.717) is 18.4 Å². The molecule has 4 aromatic rings. The van der Waals surface area contributed by atoms with E-state index in [4.69, 9.17) is 9.40 Å². The van der Waals surface area contributed by atoms with Crippen LogP contribution < -0.4 is 0 Å². The molecule has 6 rings (SSSR count). The number of piperidine rings is 2. The molecular weight excluding hydrogens is 432 g/mol. The molecule has 0 atom stereocenters. The Bertz CT molecular complexity index is 1200. The molecule has 0 aliphatic carbocycles. The Morgan fingerprint density at radius 3 is 2.33 bits per heavy atom. The maximum absolute atomic E-state index is 13.0. The number of hydrogen-bond donors (Lipinski definition) is 0. The van der Waals surface area contributed by atoms with Crippen LogP contribution in [0.25, 0.3) is 21.3 Å². The molecule has 7 heteroatoms. The Labute approximate surface area is 197 Å². The van der Waals surface area contributed by atoms with Gasteiger partial charge in [-0.25, -0.2) is 9.97 Å². The van der Waals surface area contributed by atoms with Gasteiger partial charge in [-0.15, -0.1) is 11.3 Å².